The molecule has 1 saturated carbocycles. The highest BCUT2D eigenvalue weighted by molar-refractivity contribution is 5.75. The van der Waals surface area contributed by atoms with Crippen LogP contribution >= 0.6 is 0 Å². The smallest absolute Gasteiger partial charge is 0.317 e. The van der Waals surface area contributed by atoms with Gasteiger partial charge < -0.3 is 19.7 Å². The molecular weight excluding hydrogens is 416 g/mol. The summed E-state index contributed by atoms with van der Waals surface area (Å²) in [5.41, 5.74) is 2.66. The Labute approximate surface area is 195 Å². The van der Waals surface area contributed by atoms with Crippen molar-refractivity contribution in [3.05, 3.63) is 60.2 Å². The van der Waals surface area contributed by atoms with Crippen molar-refractivity contribution in [2.24, 2.45) is 13.0 Å². The zero-order valence-electron chi connectivity index (χ0n) is 19.7. The second-order valence-corrected chi connectivity index (χ2v) is 8.80. The maximum absolute atomic E-state index is 13.1. The number of amides is 2. The maximum Gasteiger partial charge on any atom is 0.317 e. The molecule has 4 rings (SSSR count). The van der Waals surface area contributed by atoms with E-state index in [1.54, 1.807) is 11.8 Å². The monoisotopic (exact) mass is 448 g/mol. The minimum absolute atomic E-state index is 0.0611. The third kappa shape index (κ3) is 5.48. The average Bonchev–Trinajstić information content (AvgIpc) is 3.58. The molecule has 174 valence electrons. The van der Waals surface area contributed by atoms with Gasteiger partial charge in [-0.05, 0) is 44.7 Å². The van der Waals surface area contributed by atoms with Crippen LogP contribution in [0.25, 0.3) is 11.3 Å². The zero-order chi connectivity index (χ0) is 23.4. The Morgan fingerprint density at radius 1 is 1.12 bits per heavy atom. The number of aromatic nitrogens is 2. The van der Waals surface area contributed by atoms with Gasteiger partial charge in [0.15, 0.2) is 11.5 Å². The fraction of sp³-hybridized carbons (Fsp3) is 0.385. The lowest BCUT2D eigenvalue weighted by Gasteiger charge is -2.25. The second kappa shape index (κ2) is 9.98. The molecule has 7 heteroatoms. The average molecular weight is 449 g/mol. The molecule has 1 fully saturated rings. The Kier molecular flexibility index (Phi) is 6.87. The van der Waals surface area contributed by atoms with E-state index in [0.29, 0.717) is 29.8 Å². The highest BCUT2D eigenvalue weighted by Crippen LogP contribution is 2.38. The van der Waals surface area contributed by atoms with Gasteiger partial charge in [0.1, 0.15) is 5.69 Å². The lowest BCUT2D eigenvalue weighted by molar-refractivity contribution is 0.189. The molecule has 7 nitrogen and oxygen atoms in total. The number of rotatable bonds is 9. The Bertz CT molecular complexity index is 1090. The van der Waals surface area contributed by atoms with Crippen LogP contribution in [-0.2, 0) is 13.6 Å². The summed E-state index contributed by atoms with van der Waals surface area (Å²) in [6, 6.07) is 17.5. The largest absolute Gasteiger partial charge is 0.493 e. The number of para-hydroxylation sites is 2. The molecule has 2 aromatic carbocycles. The van der Waals surface area contributed by atoms with Crippen LogP contribution in [0.5, 0.6) is 17.4 Å². The van der Waals surface area contributed by atoms with Gasteiger partial charge in [-0.1, -0.05) is 42.5 Å². The molecule has 0 unspecified atom stereocenters. The lowest BCUT2D eigenvalue weighted by Crippen LogP contribution is -2.43. The van der Waals surface area contributed by atoms with Gasteiger partial charge in [-0.2, -0.15) is 5.10 Å². The van der Waals surface area contributed by atoms with E-state index < -0.39 is 0 Å². The molecule has 1 aliphatic rings. The summed E-state index contributed by atoms with van der Waals surface area (Å²) in [5, 5.41) is 7.84. The molecule has 1 aliphatic carbocycles. The van der Waals surface area contributed by atoms with Crippen LogP contribution in [0.2, 0.25) is 0 Å². The van der Waals surface area contributed by atoms with Crippen molar-refractivity contribution in [3.63, 3.8) is 0 Å². The summed E-state index contributed by atoms with van der Waals surface area (Å²) in [7, 11) is 3.48. The van der Waals surface area contributed by atoms with Crippen molar-refractivity contribution >= 4 is 6.03 Å². The first-order chi connectivity index (χ1) is 16.0. The number of urea groups is 1. The van der Waals surface area contributed by atoms with E-state index in [2.05, 4.69) is 5.32 Å². The maximum atomic E-state index is 13.1. The van der Waals surface area contributed by atoms with E-state index in [4.69, 9.17) is 14.6 Å². The van der Waals surface area contributed by atoms with Crippen LogP contribution in [0.1, 0.15) is 32.3 Å². The van der Waals surface area contributed by atoms with Gasteiger partial charge in [-0.15, -0.1) is 0 Å². The topological polar surface area (TPSA) is 68.6 Å². The molecular formula is C26H32N4O3. The highest BCUT2D eigenvalue weighted by Gasteiger charge is 2.30. The number of methoxy groups -OCH3 is 1. The molecule has 0 aliphatic heterocycles. The van der Waals surface area contributed by atoms with E-state index >= 15 is 0 Å². The van der Waals surface area contributed by atoms with Gasteiger partial charge in [0, 0.05) is 25.2 Å². The Morgan fingerprint density at radius 3 is 2.42 bits per heavy atom. The Hall–Kier alpha value is -3.48. The van der Waals surface area contributed by atoms with Crippen molar-refractivity contribution in [2.45, 2.75) is 39.3 Å². The molecule has 0 radical (unpaired) electrons. The number of carbonyl (C=O) groups is 1. The van der Waals surface area contributed by atoms with Crippen LogP contribution in [0.3, 0.4) is 0 Å². The quantitative estimate of drug-likeness (QED) is 0.487. The van der Waals surface area contributed by atoms with E-state index in [9.17, 15) is 4.79 Å². The van der Waals surface area contributed by atoms with Crippen molar-refractivity contribution in [3.8, 4) is 28.6 Å². The summed E-state index contributed by atoms with van der Waals surface area (Å²) in [4.78, 5) is 15.0. The SMILES string of the molecule is COc1ccccc1Oc1c(CN(CC2CC2)C(=O)NC(C)C)c(-c2ccccc2)nn1C. The molecule has 0 bridgehead atoms. The molecule has 33 heavy (non-hydrogen) atoms. The minimum atomic E-state index is -0.0667. The standard InChI is InChI=1S/C26H32N4O3/c1-18(2)27-26(31)30(16-19-14-15-19)17-21-24(20-10-6-5-7-11-20)28-29(3)25(21)33-23-13-9-8-12-22(23)32-4/h5-13,18-19H,14-17H2,1-4H3,(H,27,31). The number of hydrogen-bond acceptors (Lipinski definition) is 4. The summed E-state index contributed by atoms with van der Waals surface area (Å²) >= 11 is 0. The molecule has 0 atom stereocenters. The third-order valence-electron chi connectivity index (χ3n) is 5.63. The van der Waals surface area contributed by atoms with Crippen molar-refractivity contribution in [1.82, 2.24) is 20.0 Å². The van der Waals surface area contributed by atoms with Gasteiger partial charge in [0.2, 0.25) is 5.88 Å². The lowest BCUT2D eigenvalue weighted by atomic mass is 10.1. The first-order valence-electron chi connectivity index (χ1n) is 11.4. The van der Waals surface area contributed by atoms with Crippen molar-refractivity contribution in [2.75, 3.05) is 13.7 Å². The van der Waals surface area contributed by atoms with Gasteiger partial charge in [0.05, 0.1) is 19.2 Å². The van der Waals surface area contributed by atoms with Crippen LogP contribution < -0.4 is 14.8 Å². The number of nitrogens with one attached hydrogen (secondary N) is 1. The van der Waals surface area contributed by atoms with Crippen LogP contribution in [0.15, 0.2) is 54.6 Å². The predicted molar refractivity (Wildman–Crippen MR) is 129 cm³/mol. The number of benzene rings is 2. The van der Waals surface area contributed by atoms with E-state index in [-0.39, 0.29) is 12.1 Å². The van der Waals surface area contributed by atoms with Crippen LogP contribution in [0.4, 0.5) is 4.79 Å². The second-order valence-electron chi connectivity index (χ2n) is 8.80. The number of nitrogens with zero attached hydrogens (tertiary/aromatic N) is 3. The first kappa shape index (κ1) is 22.7. The zero-order valence-corrected chi connectivity index (χ0v) is 19.7. The summed E-state index contributed by atoms with van der Waals surface area (Å²) < 4.78 is 13.6. The molecule has 1 heterocycles. The van der Waals surface area contributed by atoms with Crippen LogP contribution in [0, 0.1) is 5.92 Å². The molecule has 0 spiro atoms. The van der Waals surface area contributed by atoms with Gasteiger partial charge >= 0.3 is 6.03 Å². The predicted octanol–water partition coefficient (Wildman–Crippen LogP) is 5.22. The molecule has 3 aromatic rings. The van der Waals surface area contributed by atoms with Gasteiger partial charge in [-0.25, -0.2) is 9.48 Å². The summed E-state index contributed by atoms with van der Waals surface area (Å²) in [6.07, 6.45) is 2.32. The molecule has 1 aromatic heterocycles. The fourth-order valence-electron chi connectivity index (χ4n) is 3.82. The fourth-order valence-corrected chi connectivity index (χ4v) is 3.82. The number of hydrogen-bond donors (Lipinski definition) is 1. The Balaban J connectivity index is 1.75. The van der Waals surface area contributed by atoms with Crippen molar-refractivity contribution in [1.29, 1.82) is 0 Å². The summed E-state index contributed by atoms with van der Waals surface area (Å²) in [6.45, 7) is 5.07. The number of aryl methyl sites for hydroxylation is 1. The number of carbonyl (C=O) groups excluding carboxylic acids is 1. The molecule has 0 saturated heterocycles. The number of ether oxygens (including phenoxy) is 2. The minimum Gasteiger partial charge on any atom is -0.493 e. The first-order valence-corrected chi connectivity index (χ1v) is 11.4. The molecule has 2 amide bonds. The highest BCUT2D eigenvalue weighted by atomic mass is 16.5. The van der Waals surface area contributed by atoms with Crippen molar-refractivity contribution < 1.29 is 14.3 Å². The Morgan fingerprint density at radius 2 is 1.79 bits per heavy atom. The summed E-state index contributed by atoms with van der Waals surface area (Å²) in [5.74, 6) is 2.39. The van der Waals surface area contributed by atoms with Gasteiger partial charge in [0.25, 0.3) is 0 Å². The van der Waals surface area contributed by atoms with Gasteiger partial charge in [-0.3, -0.25) is 0 Å². The van der Waals surface area contributed by atoms with E-state index in [1.165, 1.54) is 0 Å². The third-order valence-corrected chi connectivity index (χ3v) is 5.63. The van der Waals surface area contributed by atoms with E-state index in [1.807, 2.05) is 80.4 Å². The normalized spacial score (nSPS) is 13.1. The molecule has 1 N–H and O–H groups in total. The van der Waals surface area contributed by atoms with Crippen LogP contribution in [-0.4, -0.2) is 40.4 Å². The van der Waals surface area contributed by atoms with E-state index in [0.717, 1.165) is 36.2 Å².